The Bertz CT molecular complexity index is 1030. The fourth-order valence-electron chi connectivity index (χ4n) is 4.43. The summed E-state index contributed by atoms with van der Waals surface area (Å²) in [6, 6.07) is 3.43. The predicted molar refractivity (Wildman–Crippen MR) is 143 cm³/mol. The van der Waals surface area contributed by atoms with Crippen LogP contribution in [0.4, 0.5) is 16.2 Å². The molecule has 194 valence electrons. The summed E-state index contributed by atoms with van der Waals surface area (Å²) in [5.74, 6) is 0.897. The minimum absolute atomic E-state index is 0.0185. The molecule has 1 aromatic carbocycles. The van der Waals surface area contributed by atoms with Crippen LogP contribution in [0.5, 0.6) is 0 Å². The molecule has 0 fully saturated rings. The molecular formula is C27H41ClFN5O. The molecule has 1 aliphatic carbocycles. The number of hydrogen-bond acceptors (Lipinski definition) is 4. The number of benzene rings is 1. The van der Waals surface area contributed by atoms with Crippen molar-refractivity contribution in [2.24, 2.45) is 5.41 Å². The van der Waals surface area contributed by atoms with Crippen LogP contribution < -0.4 is 16.0 Å². The molecule has 8 heteroatoms. The Morgan fingerprint density at radius 1 is 1.20 bits per heavy atom. The molecule has 1 aliphatic rings. The lowest BCUT2D eigenvalue weighted by molar-refractivity contribution is -0.116. The number of rotatable bonds is 10. The maximum absolute atomic E-state index is 13.9. The number of nitrogens with one attached hydrogen (secondary N) is 3. The van der Waals surface area contributed by atoms with Crippen molar-refractivity contribution in [1.82, 2.24) is 14.9 Å². The molecule has 1 amide bonds. The zero-order valence-electron chi connectivity index (χ0n) is 22.0. The van der Waals surface area contributed by atoms with Crippen molar-refractivity contribution >= 4 is 29.3 Å². The molecule has 2 aromatic rings. The van der Waals surface area contributed by atoms with Crippen LogP contribution in [0.1, 0.15) is 78.4 Å². The van der Waals surface area contributed by atoms with E-state index in [9.17, 15) is 9.18 Å². The zero-order valence-corrected chi connectivity index (χ0v) is 22.8. The maximum Gasteiger partial charge on any atom is 0.225 e. The van der Waals surface area contributed by atoms with Crippen LogP contribution in [0.2, 0.25) is 5.02 Å². The summed E-state index contributed by atoms with van der Waals surface area (Å²) < 4.78 is 16.0. The van der Waals surface area contributed by atoms with Crippen LogP contribution >= 0.6 is 11.6 Å². The van der Waals surface area contributed by atoms with Crippen LogP contribution in [-0.2, 0) is 23.2 Å². The van der Waals surface area contributed by atoms with Gasteiger partial charge in [0.1, 0.15) is 5.82 Å². The Balaban J connectivity index is 1.81. The van der Waals surface area contributed by atoms with Gasteiger partial charge in [0.25, 0.3) is 0 Å². The van der Waals surface area contributed by atoms with Gasteiger partial charge in [-0.2, -0.15) is 4.98 Å². The molecular weight excluding hydrogens is 465 g/mol. The Hall–Kier alpha value is -2.12. The molecule has 0 unspecified atom stereocenters. The van der Waals surface area contributed by atoms with Gasteiger partial charge in [-0.15, -0.1) is 0 Å². The van der Waals surface area contributed by atoms with Crippen molar-refractivity contribution in [3.8, 4) is 0 Å². The number of imidazole rings is 1. The van der Waals surface area contributed by atoms with Gasteiger partial charge in [-0.25, -0.2) is 4.39 Å². The van der Waals surface area contributed by atoms with Gasteiger partial charge in [-0.1, -0.05) is 45.7 Å². The van der Waals surface area contributed by atoms with Crippen LogP contribution in [0, 0.1) is 11.2 Å². The number of hydrogen-bond donors (Lipinski definition) is 3. The lowest BCUT2D eigenvalue weighted by Crippen LogP contribution is -2.42. The van der Waals surface area contributed by atoms with Gasteiger partial charge in [0.05, 0.1) is 16.8 Å². The van der Waals surface area contributed by atoms with E-state index in [2.05, 4.69) is 62.1 Å². The van der Waals surface area contributed by atoms with E-state index in [-0.39, 0.29) is 33.7 Å². The number of anilines is 2. The molecule has 35 heavy (non-hydrogen) atoms. The highest BCUT2D eigenvalue weighted by Gasteiger charge is 2.28. The second-order valence-electron chi connectivity index (χ2n) is 11.6. The number of aromatic nitrogens is 2. The number of aryl methyl sites for hydroxylation is 1. The maximum atomic E-state index is 13.9. The second kappa shape index (κ2) is 11.3. The first-order chi connectivity index (χ1) is 16.4. The topological polar surface area (TPSA) is 71.0 Å². The summed E-state index contributed by atoms with van der Waals surface area (Å²) in [4.78, 5) is 17.1. The molecule has 0 spiro atoms. The van der Waals surface area contributed by atoms with E-state index in [4.69, 9.17) is 16.6 Å². The lowest BCUT2D eigenvalue weighted by atomic mass is 9.88. The first-order valence-corrected chi connectivity index (χ1v) is 13.1. The summed E-state index contributed by atoms with van der Waals surface area (Å²) >= 11 is 6.05. The van der Waals surface area contributed by atoms with E-state index in [1.807, 2.05) is 6.20 Å². The molecule has 1 atom stereocenters. The fraction of sp³-hybridized carbons (Fsp3) is 0.630. The number of unbranched alkanes of at least 4 members (excludes halogenated alkanes) is 1. The number of fused-ring (bicyclic) bond motifs is 1. The van der Waals surface area contributed by atoms with Gasteiger partial charge >= 0.3 is 0 Å². The third-order valence-corrected chi connectivity index (χ3v) is 6.69. The quantitative estimate of drug-likeness (QED) is 0.362. The second-order valence-corrected chi connectivity index (χ2v) is 12.0. The smallest absolute Gasteiger partial charge is 0.225 e. The van der Waals surface area contributed by atoms with E-state index in [0.717, 1.165) is 62.3 Å². The van der Waals surface area contributed by atoms with Gasteiger partial charge < -0.3 is 20.5 Å². The van der Waals surface area contributed by atoms with E-state index >= 15 is 0 Å². The average Bonchev–Trinajstić information content (AvgIpc) is 3.15. The van der Waals surface area contributed by atoms with Gasteiger partial charge in [-0.05, 0) is 68.2 Å². The van der Waals surface area contributed by atoms with Crippen LogP contribution in [0.15, 0.2) is 18.3 Å². The van der Waals surface area contributed by atoms with Gasteiger partial charge in [0.15, 0.2) is 5.82 Å². The number of carbonyl (C=O) groups excluding carboxylic acids is 1. The van der Waals surface area contributed by atoms with Crippen molar-refractivity contribution in [3.05, 3.63) is 40.3 Å². The third kappa shape index (κ3) is 7.68. The highest BCUT2D eigenvalue weighted by molar-refractivity contribution is 6.30. The minimum Gasteiger partial charge on any atom is -0.353 e. The Labute approximate surface area is 214 Å². The first kappa shape index (κ1) is 27.5. The molecule has 0 saturated heterocycles. The monoisotopic (exact) mass is 505 g/mol. The molecule has 3 N–H and O–H groups in total. The molecule has 0 bridgehead atoms. The molecule has 0 saturated carbocycles. The van der Waals surface area contributed by atoms with E-state index < -0.39 is 0 Å². The predicted octanol–water partition coefficient (Wildman–Crippen LogP) is 6.14. The van der Waals surface area contributed by atoms with Crippen molar-refractivity contribution in [1.29, 1.82) is 0 Å². The summed E-state index contributed by atoms with van der Waals surface area (Å²) in [5.41, 5.74) is 1.98. The van der Waals surface area contributed by atoms with Gasteiger partial charge in [-0.3, -0.25) is 4.79 Å². The minimum atomic E-state index is -0.361. The summed E-state index contributed by atoms with van der Waals surface area (Å²) in [6.45, 7) is 14.7. The zero-order chi connectivity index (χ0) is 25.8. The van der Waals surface area contributed by atoms with Crippen molar-refractivity contribution in [2.45, 2.75) is 91.6 Å². The highest BCUT2D eigenvalue weighted by atomic mass is 35.5. The third-order valence-electron chi connectivity index (χ3n) is 6.40. The van der Waals surface area contributed by atoms with E-state index in [0.29, 0.717) is 12.2 Å². The fourth-order valence-corrected chi connectivity index (χ4v) is 4.62. The van der Waals surface area contributed by atoms with Gasteiger partial charge in [0.2, 0.25) is 11.9 Å². The standard InChI is InChI=1S/C27H41ClFN5O/c1-7-8-9-24(35)32-23-15-34(27(5,6)17-30-16-26(2,3)4)25(33-23)31-20-11-10-18-14-22(29)21(28)13-19(18)12-20/h13-15,20,30H,7-12,16-17H2,1-6H3,(H,31,33)(H,32,35)/t20-/m0/s1. The van der Waals surface area contributed by atoms with Crippen LogP contribution in [0.25, 0.3) is 0 Å². The van der Waals surface area contributed by atoms with E-state index in [1.54, 1.807) is 12.1 Å². The Morgan fingerprint density at radius 2 is 1.94 bits per heavy atom. The number of carbonyl (C=O) groups is 1. The lowest BCUT2D eigenvalue weighted by Gasteiger charge is -2.32. The first-order valence-electron chi connectivity index (χ1n) is 12.7. The number of amides is 1. The Morgan fingerprint density at radius 3 is 2.63 bits per heavy atom. The molecule has 1 aromatic heterocycles. The molecule has 3 rings (SSSR count). The highest BCUT2D eigenvalue weighted by Crippen LogP contribution is 2.30. The Kier molecular flexibility index (Phi) is 8.86. The molecule has 0 radical (unpaired) electrons. The number of nitrogens with zero attached hydrogens (tertiary/aromatic N) is 2. The molecule has 0 aliphatic heterocycles. The average molecular weight is 506 g/mol. The van der Waals surface area contributed by atoms with Gasteiger partial charge in [0, 0.05) is 25.6 Å². The summed E-state index contributed by atoms with van der Waals surface area (Å²) in [6.07, 6.45) is 6.61. The molecule has 1 heterocycles. The van der Waals surface area contributed by atoms with Crippen molar-refractivity contribution in [2.75, 3.05) is 23.7 Å². The normalized spacial score (nSPS) is 16.2. The van der Waals surface area contributed by atoms with E-state index in [1.165, 1.54) is 0 Å². The molecule has 6 nitrogen and oxygen atoms in total. The van der Waals surface area contributed by atoms with Crippen molar-refractivity contribution < 1.29 is 9.18 Å². The summed E-state index contributed by atoms with van der Waals surface area (Å²) in [7, 11) is 0. The van der Waals surface area contributed by atoms with Crippen LogP contribution in [-0.4, -0.2) is 34.6 Å². The SMILES string of the molecule is CCCCC(=O)Nc1cn(C(C)(C)CNCC(C)(C)C)c(N[C@H]2CCc3cc(F)c(Cl)cc3C2)n1. The largest absolute Gasteiger partial charge is 0.353 e. The summed E-state index contributed by atoms with van der Waals surface area (Å²) in [5, 5.41) is 10.3. The van der Waals surface area contributed by atoms with Crippen LogP contribution in [0.3, 0.4) is 0 Å². The number of halogens is 2. The van der Waals surface area contributed by atoms with Crippen molar-refractivity contribution in [3.63, 3.8) is 0 Å².